The third kappa shape index (κ3) is 5.39. The molecule has 1 N–H and O–H groups in total. The quantitative estimate of drug-likeness (QED) is 0.814. The number of aryl methyl sites for hydroxylation is 2. The van der Waals surface area contributed by atoms with Gasteiger partial charge in [-0.1, -0.05) is 23.8 Å². The second-order valence-corrected chi connectivity index (χ2v) is 7.78. The summed E-state index contributed by atoms with van der Waals surface area (Å²) in [6.07, 6.45) is 2.44. The number of rotatable bonds is 7. The van der Waals surface area contributed by atoms with Crippen LogP contribution in [0, 0.1) is 13.8 Å². The molecule has 1 amide bonds. The van der Waals surface area contributed by atoms with Gasteiger partial charge in [-0.05, 0) is 49.8 Å². The SMILES string of the molecule is Cc1ccc(NC(=O)CN(Cc2cccs2)CC2CCCO2)c(C)c1. The molecule has 5 heteroatoms. The fourth-order valence-corrected chi connectivity index (χ4v) is 3.98. The van der Waals surface area contributed by atoms with E-state index in [1.54, 1.807) is 11.3 Å². The van der Waals surface area contributed by atoms with Gasteiger partial charge in [0.1, 0.15) is 0 Å². The zero-order valence-corrected chi connectivity index (χ0v) is 15.8. The summed E-state index contributed by atoms with van der Waals surface area (Å²) in [5.41, 5.74) is 3.19. The fraction of sp³-hybridized carbons (Fsp3) is 0.450. The average Bonchev–Trinajstić information content (AvgIpc) is 3.24. The summed E-state index contributed by atoms with van der Waals surface area (Å²) in [6.45, 7) is 6.90. The predicted octanol–water partition coefficient (Wildman–Crippen LogP) is 3.98. The number of nitrogens with one attached hydrogen (secondary N) is 1. The minimum Gasteiger partial charge on any atom is -0.377 e. The van der Waals surface area contributed by atoms with E-state index in [4.69, 9.17) is 4.74 Å². The molecule has 0 spiro atoms. The van der Waals surface area contributed by atoms with Crippen LogP contribution in [0.15, 0.2) is 35.7 Å². The van der Waals surface area contributed by atoms with Crippen LogP contribution in [0.25, 0.3) is 0 Å². The van der Waals surface area contributed by atoms with E-state index < -0.39 is 0 Å². The summed E-state index contributed by atoms with van der Waals surface area (Å²) in [5.74, 6) is 0.0292. The third-order valence-electron chi connectivity index (χ3n) is 4.47. The zero-order chi connectivity index (χ0) is 17.6. The van der Waals surface area contributed by atoms with Crippen molar-refractivity contribution in [3.05, 3.63) is 51.7 Å². The number of carbonyl (C=O) groups excluding carboxylic acids is 1. The van der Waals surface area contributed by atoms with Gasteiger partial charge in [0.25, 0.3) is 0 Å². The number of anilines is 1. The molecule has 0 aliphatic carbocycles. The number of carbonyl (C=O) groups is 1. The highest BCUT2D eigenvalue weighted by atomic mass is 32.1. The number of benzene rings is 1. The lowest BCUT2D eigenvalue weighted by atomic mass is 10.1. The van der Waals surface area contributed by atoms with Gasteiger partial charge in [0.2, 0.25) is 5.91 Å². The highest BCUT2D eigenvalue weighted by Gasteiger charge is 2.21. The Kier molecular flexibility index (Phi) is 6.24. The Hall–Kier alpha value is -1.69. The van der Waals surface area contributed by atoms with E-state index in [9.17, 15) is 4.79 Å². The van der Waals surface area contributed by atoms with Crippen molar-refractivity contribution in [2.75, 3.05) is 25.0 Å². The summed E-state index contributed by atoms with van der Waals surface area (Å²) in [7, 11) is 0. The van der Waals surface area contributed by atoms with Crippen molar-refractivity contribution >= 4 is 22.9 Å². The molecular weight excluding hydrogens is 332 g/mol. The highest BCUT2D eigenvalue weighted by Crippen LogP contribution is 2.19. The molecule has 1 saturated heterocycles. The van der Waals surface area contributed by atoms with Crippen LogP contribution in [-0.2, 0) is 16.1 Å². The number of thiophene rings is 1. The Morgan fingerprint density at radius 3 is 2.92 bits per heavy atom. The normalized spacial score (nSPS) is 17.2. The van der Waals surface area contributed by atoms with E-state index in [1.807, 2.05) is 19.1 Å². The van der Waals surface area contributed by atoms with Crippen LogP contribution in [0.1, 0.15) is 28.8 Å². The molecule has 134 valence electrons. The molecule has 2 heterocycles. The van der Waals surface area contributed by atoms with E-state index in [1.165, 1.54) is 10.4 Å². The fourth-order valence-electron chi connectivity index (χ4n) is 3.23. The molecule has 0 bridgehead atoms. The van der Waals surface area contributed by atoms with Crippen molar-refractivity contribution in [1.82, 2.24) is 4.90 Å². The second-order valence-electron chi connectivity index (χ2n) is 6.75. The largest absolute Gasteiger partial charge is 0.377 e. The number of hydrogen-bond acceptors (Lipinski definition) is 4. The summed E-state index contributed by atoms with van der Waals surface area (Å²) in [5, 5.41) is 5.13. The van der Waals surface area contributed by atoms with Gasteiger partial charge in [0, 0.05) is 30.3 Å². The standard InChI is InChI=1S/C20H26N2O2S/c1-15-7-8-19(16(2)11-15)21-20(23)14-22(12-17-5-3-9-24-17)13-18-6-4-10-25-18/h4,6-8,10-11,17H,3,5,9,12-14H2,1-2H3,(H,21,23). The Morgan fingerprint density at radius 1 is 1.36 bits per heavy atom. The lowest BCUT2D eigenvalue weighted by Crippen LogP contribution is -2.37. The van der Waals surface area contributed by atoms with E-state index in [0.717, 1.165) is 43.8 Å². The van der Waals surface area contributed by atoms with E-state index >= 15 is 0 Å². The topological polar surface area (TPSA) is 41.6 Å². The Labute approximate surface area is 153 Å². The number of nitrogens with zero attached hydrogens (tertiary/aromatic N) is 1. The molecule has 1 unspecified atom stereocenters. The van der Waals surface area contributed by atoms with Gasteiger partial charge in [0.05, 0.1) is 12.6 Å². The summed E-state index contributed by atoms with van der Waals surface area (Å²) in [6, 6.07) is 10.3. The van der Waals surface area contributed by atoms with Crippen molar-refractivity contribution in [2.24, 2.45) is 0 Å². The second kappa shape index (κ2) is 8.61. The van der Waals surface area contributed by atoms with Gasteiger partial charge in [-0.25, -0.2) is 0 Å². The van der Waals surface area contributed by atoms with Crippen LogP contribution in [0.3, 0.4) is 0 Å². The predicted molar refractivity (Wildman–Crippen MR) is 103 cm³/mol. The molecule has 4 nitrogen and oxygen atoms in total. The Balaban J connectivity index is 1.62. The zero-order valence-electron chi connectivity index (χ0n) is 15.0. The maximum atomic E-state index is 12.6. The van der Waals surface area contributed by atoms with Crippen LogP contribution in [-0.4, -0.2) is 36.6 Å². The summed E-state index contributed by atoms with van der Waals surface area (Å²) in [4.78, 5) is 16.0. The molecule has 0 saturated carbocycles. The molecule has 0 radical (unpaired) electrons. The molecule has 1 aliphatic heterocycles. The minimum absolute atomic E-state index is 0.0292. The van der Waals surface area contributed by atoms with Gasteiger partial charge in [-0.2, -0.15) is 0 Å². The minimum atomic E-state index is 0.0292. The van der Waals surface area contributed by atoms with E-state index in [0.29, 0.717) is 6.54 Å². The first-order chi connectivity index (χ1) is 12.1. The highest BCUT2D eigenvalue weighted by molar-refractivity contribution is 7.09. The Bertz CT molecular complexity index is 694. The number of ether oxygens (including phenoxy) is 1. The lowest BCUT2D eigenvalue weighted by Gasteiger charge is -2.24. The first-order valence-electron chi connectivity index (χ1n) is 8.83. The molecule has 2 aromatic rings. The summed E-state index contributed by atoms with van der Waals surface area (Å²) < 4.78 is 5.76. The average molecular weight is 359 g/mol. The molecular formula is C20H26N2O2S. The van der Waals surface area contributed by atoms with Crippen LogP contribution < -0.4 is 5.32 Å². The number of amides is 1. The Morgan fingerprint density at radius 2 is 2.24 bits per heavy atom. The maximum Gasteiger partial charge on any atom is 0.238 e. The van der Waals surface area contributed by atoms with E-state index in [-0.39, 0.29) is 12.0 Å². The van der Waals surface area contributed by atoms with Crippen molar-refractivity contribution in [3.8, 4) is 0 Å². The molecule has 1 atom stereocenters. The van der Waals surface area contributed by atoms with Gasteiger partial charge in [-0.15, -0.1) is 11.3 Å². The van der Waals surface area contributed by atoms with Crippen LogP contribution in [0.5, 0.6) is 0 Å². The van der Waals surface area contributed by atoms with E-state index in [2.05, 4.69) is 40.7 Å². The third-order valence-corrected chi connectivity index (χ3v) is 5.33. The lowest BCUT2D eigenvalue weighted by molar-refractivity contribution is -0.117. The van der Waals surface area contributed by atoms with Crippen molar-refractivity contribution in [2.45, 2.75) is 39.3 Å². The monoisotopic (exact) mass is 358 g/mol. The summed E-state index contributed by atoms with van der Waals surface area (Å²) >= 11 is 1.73. The first kappa shape index (κ1) is 18.1. The van der Waals surface area contributed by atoms with Crippen LogP contribution in [0.2, 0.25) is 0 Å². The van der Waals surface area contributed by atoms with Gasteiger partial charge in [-0.3, -0.25) is 9.69 Å². The molecule has 1 fully saturated rings. The van der Waals surface area contributed by atoms with Crippen molar-refractivity contribution < 1.29 is 9.53 Å². The molecule has 1 aromatic heterocycles. The van der Waals surface area contributed by atoms with Crippen LogP contribution >= 0.6 is 11.3 Å². The van der Waals surface area contributed by atoms with Crippen molar-refractivity contribution in [3.63, 3.8) is 0 Å². The maximum absolute atomic E-state index is 12.6. The van der Waals surface area contributed by atoms with Gasteiger partial charge in [0.15, 0.2) is 0 Å². The van der Waals surface area contributed by atoms with Crippen LogP contribution in [0.4, 0.5) is 5.69 Å². The first-order valence-corrected chi connectivity index (χ1v) is 9.71. The van der Waals surface area contributed by atoms with Gasteiger partial charge >= 0.3 is 0 Å². The van der Waals surface area contributed by atoms with Crippen molar-refractivity contribution in [1.29, 1.82) is 0 Å². The van der Waals surface area contributed by atoms with Gasteiger partial charge < -0.3 is 10.1 Å². The molecule has 3 rings (SSSR count). The molecule has 1 aliphatic rings. The molecule has 1 aromatic carbocycles. The molecule has 25 heavy (non-hydrogen) atoms. The number of hydrogen-bond donors (Lipinski definition) is 1. The smallest absolute Gasteiger partial charge is 0.238 e.